The van der Waals surface area contributed by atoms with Crippen LogP contribution in [0.3, 0.4) is 0 Å². The number of carbonyl (C=O) groups excluding carboxylic acids is 1. The van der Waals surface area contributed by atoms with Crippen LogP contribution < -0.4 is 0 Å². The number of carbonyl (C=O) groups is 1. The Balaban J connectivity index is 1.86. The highest BCUT2D eigenvalue weighted by molar-refractivity contribution is 5.93. The van der Waals surface area contributed by atoms with Crippen LogP contribution in [0.2, 0.25) is 0 Å². The number of amides is 1. The van der Waals surface area contributed by atoms with Gasteiger partial charge in [-0.2, -0.15) is 0 Å². The molecule has 1 N–H and O–H groups in total. The Morgan fingerprint density at radius 2 is 2.00 bits per heavy atom. The summed E-state index contributed by atoms with van der Waals surface area (Å²) in [4.78, 5) is 15.9. The van der Waals surface area contributed by atoms with E-state index in [0.717, 1.165) is 38.9 Å². The lowest BCUT2D eigenvalue weighted by molar-refractivity contribution is -0.126. The number of nitrogens with zero attached hydrogens (tertiary/aromatic N) is 2. The van der Waals surface area contributed by atoms with Crippen molar-refractivity contribution in [2.24, 2.45) is 0 Å². The largest absolute Gasteiger partial charge is 0.395 e. The molecule has 1 amide bonds. The molecule has 1 atom stereocenters. The molecule has 2 rings (SSSR count). The van der Waals surface area contributed by atoms with Gasteiger partial charge in [-0.25, -0.2) is 0 Å². The molecule has 100 valence electrons. The summed E-state index contributed by atoms with van der Waals surface area (Å²) in [5.41, 5.74) is 0. The Morgan fingerprint density at radius 1 is 1.28 bits per heavy atom. The second-order valence-electron chi connectivity index (χ2n) is 5.11. The van der Waals surface area contributed by atoms with E-state index < -0.39 is 0 Å². The van der Waals surface area contributed by atoms with Crippen molar-refractivity contribution in [3.8, 4) is 11.8 Å². The van der Waals surface area contributed by atoms with Crippen LogP contribution in [0.4, 0.5) is 0 Å². The first-order valence-electron chi connectivity index (χ1n) is 6.84. The Labute approximate surface area is 109 Å². The lowest BCUT2D eigenvalue weighted by Gasteiger charge is -2.38. The predicted octanol–water partition coefficient (Wildman–Crippen LogP) is 0.457. The molecule has 0 bridgehead atoms. The first kappa shape index (κ1) is 13.4. The van der Waals surface area contributed by atoms with Gasteiger partial charge in [0.05, 0.1) is 6.61 Å². The van der Waals surface area contributed by atoms with E-state index in [0.29, 0.717) is 12.1 Å². The third kappa shape index (κ3) is 2.85. The zero-order valence-electron chi connectivity index (χ0n) is 11.1. The molecule has 0 aromatic heterocycles. The van der Waals surface area contributed by atoms with Crippen molar-refractivity contribution < 1.29 is 9.90 Å². The smallest absolute Gasteiger partial charge is 0.298 e. The van der Waals surface area contributed by atoms with Crippen LogP contribution in [0, 0.1) is 11.8 Å². The molecule has 18 heavy (non-hydrogen) atoms. The first-order chi connectivity index (χ1) is 8.76. The van der Waals surface area contributed by atoms with Crippen LogP contribution in [0.5, 0.6) is 0 Å². The maximum Gasteiger partial charge on any atom is 0.298 e. The van der Waals surface area contributed by atoms with Gasteiger partial charge < -0.3 is 10.0 Å². The van der Waals surface area contributed by atoms with Crippen LogP contribution in [0.15, 0.2) is 0 Å². The average molecular weight is 250 g/mol. The molecule has 0 aromatic carbocycles. The van der Waals surface area contributed by atoms with Gasteiger partial charge in [0.1, 0.15) is 0 Å². The minimum Gasteiger partial charge on any atom is -0.395 e. The van der Waals surface area contributed by atoms with E-state index in [4.69, 9.17) is 0 Å². The SMILES string of the molecule is CC#CC(=O)N1CCC(N2CCCC2CO)CC1. The summed E-state index contributed by atoms with van der Waals surface area (Å²) in [7, 11) is 0. The van der Waals surface area contributed by atoms with Gasteiger partial charge in [0.2, 0.25) is 0 Å². The van der Waals surface area contributed by atoms with E-state index in [2.05, 4.69) is 16.7 Å². The second-order valence-corrected chi connectivity index (χ2v) is 5.11. The number of hydrogen-bond acceptors (Lipinski definition) is 3. The second kappa shape index (κ2) is 6.21. The number of likely N-dealkylation sites (tertiary alicyclic amines) is 2. The van der Waals surface area contributed by atoms with E-state index in [1.807, 2.05) is 4.90 Å². The van der Waals surface area contributed by atoms with Crippen LogP contribution >= 0.6 is 0 Å². The number of hydrogen-bond donors (Lipinski definition) is 1. The van der Waals surface area contributed by atoms with Crippen molar-refractivity contribution in [3.63, 3.8) is 0 Å². The molecule has 0 aliphatic carbocycles. The Morgan fingerprint density at radius 3 is 2.61 bits per heavy atom. The molecule has 0 radical (unpaired) electrons. The first-order valence-corrected chi connectivity index (χ1v) is 6.84. The third-order valence-corrected chi connectivity index (χ3v) is 4.09. The van der Waals surface area contributed by atoms with Gasteiger partial charge in [-0.05, 0) is 45.1 Å². The molecule has 2 fully saturated rings. The normalized spacial score (nSPS) is 25.9. The van der Waals surface area contributed by atoms with Crippen molar-refractivity contribution in [2.45, 2.75) is 44.7 Å². The van der Waals surface area contributed by atoms with Crippen LogP contribution in [-0.2, 0) is 4.79 Å². The molecule has 4 nitrogen and oxygen atoms in total. The molecule has 2 saturated heterocycles. The highest BCUT2D eigenvalue weighted by atomic mass is 16.3. The van der Waals surface area contributed by atoms with E-state index in [1.54, 1.807) is 6.92 Å². The van der Waals surface area contributed by atoms with Crippen molar-refractivity contribution in [1.29, 1.82) is 0 Å². The maximum atomic E-state index is 11.6. The third-order valence-electron chi connectivity index (χ3n) is 4.09. The lowest BCUT2D eigenvalue weighted by atomic mass is 10.0. The number of aliphatic hydroxyl groups is 1. The predicted molar refractivity (Wildman–Crippen MR) is 69.9 cm³/mol. The van der Waals surface area contributed by atoms with Gasteiger partial charge in [0.15, 0.2) is 0 Å². The lowest BCUT2D eigenvalue weighted by Crippen LogP contribution is -2.48. The summed E-state index contributed by atoms with van der Waals surface area (Å²) in [6, 6.07) is 0.871. The Bertz CT molecular complexity index is 351. The van der Waals surface area contributed by atoms with Gasteiger partial charge >= 0.3 is 0 Å². The molecule has 2 aliphatic rings. The van der Waals surface area contributed by atoms with E-state index in [1.165, 1.54) is 6.42 Å². The molecule has 4 heteroatoms. The Hall–Kier alpha value is -1.05. The average Bonchev–Trinajstić information content (AvgIpc) is 2.87. The zero-order valence-corrected chi connectivity index (χ0v) is 11.1. The maximum absolute atomic E-state index is 11.6. The standard InChI is InChI=1S/C14H22N2O2/c1-2-4-14(18)15-9-6-12(7-10-15)16-8-3-5-13(16)11-17/h12-13,17H,3,5-11H2,1H3. The van der Waals surface area contributed by atoms with E-state index in [9.17, 15) is 9.90 Å². The molecule has 2 heterocycles. The van der Waals surface area contributed by atoms with Gasteiger partial charge in [-0.1, -0.05) is 5.92 Å². The van der Waals surface area contributed by atoms with Crippen LogP contribution in [0.1, 0.15) is 32.6 Å². The van der Waals surface area contributed by atoms with Crippen molar-refractivity contribution >= 4 is 5.91 Å². The summed E-state index contributed by atoms with van der Waals surface area (Å²) in [5, 5.41) is 9.35. The van der Waals surface area contributed by atoms with Gasteiger partial charge in [-0.15, -0.1) is 0 Å². The highest BCUT2D eigenvalue weighted by Crippen LogP contribution is 2.25. The molecule has 1 unspecified atom stereocenters. The molecular weight excluding hydrogens is 228 g/mol. The van der Waals surface area contributed by atoms with Crippen molar-refractivity contribution in [2.75, 3.05) is 26.2 Å². The van der Waals surface area contributed by atoms with Crippen molar-refractivity contribution in [3.05, 3.63) is 0 Å². The molecular formula is C14H22N2O2. The number of rotatable bonds is 2. The summed E-state index contributed by atoms with van der Waals surface area (Å²) >= 11 is 0. The fourth-order valence-electron chi connectivity index (χ4n) is 3.12. The van der Waals surface area contributed by atoms with Crippen LogP contribution in [0.25, 0.3) is 0 Å². The molecule has 0 saturated carbocycles. The van der Waals surface area contributed by atoms with Gasteiger partial charge in [-0.3, -0.25) is 9.69 Å². The fraction of sp³-hybridized carbons (Fsp3) is 0.786. The topological polar surface area (TPSA) is 43.8 Å². The van der Waals surface area contributed by atoms with Gasteiger partial charge in [0, 0.05) is 25.2 Å². The van der Waals surface area contributed by atoms with Crippen LogP contribution in [-0.4, -0.2) is 59.1 Å². The summed E-state index contributed by atoms with van der Waals surface area (Å²) in [6.45, 7) is 4.65. The highest BCUT2D eigenvalue weighted by Gasteiger charge is 2.32. The molecule has 0 spiro atoms. The number of aliphatic hydroxyl groups excluding tert-OH is 1. The minimum absolute atomic E-state index is 0.0453. The summed E-state index contributed by atoms with van der Waals surface area (Å²) in [5.74, 6) is 5.22. The van der Waals surface area contributed by atoms with E-state index in [-0.39, 0.29) is 12.5 Å². The fourth-order valence-corrected chi connectivity index (χ4v) is 3.12. The number of piperidine rings is 1. The zero-order chi connectivity index (χ0) is 13.0. The van der Waals surface area contributed by atoms with E-state index >= 15 is 0 Å². The summed E-state index contributed by atoms with van der Waals surface area (Å²) < 4.78 is 0. The quantitative estimate of drug-likeness (QED) is 0.724. The summed E-state index contributed by atoms with van der Waals surface area (Å²) in [6.07, 6.45) is 4.31. The molecule has 0 aromatic rings. The van der Waals surface area contributed by atoms with Gasteiger partial charge in [0.25, 0.3) is 5.91 Å². The van der Waals surface area contributed by atoms with Crippen molar-refractivity contribution in [1.82, 2.24) is 9.80 Å². The monoisotopic (exact) mass is 250 g/mol. The Kier molecular flexibility index (Phi) is 4.62. The molecule has 2 aliphatic heterocycles. The minimum atomic E-state index is -0.0453.